The first-order valence-electron chi connectivity index (χ1n) is 8.82. The zero-order valence-electron chi connectivity index (χ0n) is 14.7. The normalized spacial score (nSPS) is 17.7. The molecule has 5 nitrogen and oxygen atoms in total. The van der Waals surface area contributed by atoms with Crippen molar-refractivity contribution in [2.75, 3.05) is 17.8 Å². The van der Waals surface area contributed by atoms with Crippen molar-refractivity contribution >= 4 is 26.7 Å². The number of hydrogen-bond acceptors (Lipinski definition) is 4. The molecule has 26 heavy (non-hydrogen) atoms. The number of fused-ring (bicyclic) bond motifs is 1. The first-order chi connectivity index (χ1) is 12.5. The van der Waals surface area contributed by atoms with Gasteiger partial charge >= 0.3 is 0 Å². The van der Waals surface area contributed by atoms with Crippen LogP contribution in [0.1, 0.15) is 17.5 Å². The molecule has 4 rings (SSSR count). The van der Waals surface area contributed by atoms with Gasteiger partial charge in [0.2, 0.25) is 0 Å². The van der Waals surface area contributed by atoms with Gasteiger partial charge < -0.3 is 9.73 Å². The number of para-hydroxylation sites is 1. The number of rotatable bonds is 5. The molecule has 0 aliphatic carbocycles. The second-order valence-electron chi connectivity index (χ2n) is 6.90. The van der Waals surface area contributed by atoms with Crippen LogP contribution in [0, 0.1) is 12.8 Å². The summed E-state index contributed by atoms with van der Waals surface area (Å²) in [6.07, 6.45) is 3.53. The molecule has 6 heteroatoms. The molecule has 0 bridgehead atoms. The molecule has 2 heterocycles. The predicted molar refractivity (Wildman–Crippen MR) is 103 cm³/mol. The minimum atomic E-state index is -3.67. The average Bonchev–Trinajstić information content (AvgIpc) is 3.28. The monoisotopic (exact) mass is 370 g/mol. The maximum atomic E-state index is 13.0. The second-order valence-corrected chi connectivity index (χ2v) is 8.59. The van der Waals surface area contributed by atoms with E-state index in [0.717, 1.165) is 48.0 Å². The summed E-state index contributed by atoms with van der Waals surface area (Å²) in [5.74, 6) is 0.505. The zero-order chi connectivity index (χ0) is 18.1. The number of aryl methyl sites for hydroxylation is 1. The minimum Gasteiger partial charge on any atom is -0.464 e. The summed E-state index contributed by atoms with van der Waals surface area (Å²) >= 11 is 0. The third-order valence-corrected chi connectivity index (χ3v) is 6.32. The van der Waals surface area contributed by atoms with Crippen molar-refractivity contribution in [3.8, 4) is 0 Å². The molecule has 2 aromatic carbocycles. The third-order valence-electron chi connectivity index (χ3n) is 4.97. The van der Waals surface area contributed by atoms with Crippen LogP contribution in [0.15, 0.2) is 58.0 Å². The van der Waals surface area contributed by atoms with Gasteiger partial charge in [-0.25, -0.2) is 8.42 Å². The van der Waals surface area contributed by atoms with E-state index in [-0.39, 0.29) is 4.90 Å². The van der Waals surface area contributed by atoms with Crippen molar-refractivity contribution in [2.45, 2.75) is 24.7 Å². The summed E-state index contributed by atoms with van der Waals surface area (Å²) in [6.45, 7) is 3.86. The summed E-state index contributed by atoms with van der Waals surface area (Å²) < 4.78 is 34.2. The standard InChI is InChI=1S/C20H22N2O3S/c1-14-4-2-3-5-19(14)22-26(23,24)18-11-16-7-9-25-20(16)17(12-18)10-15-6-8-21-13-15/h2-5,7,9,11-12,15,21-22H,6,8,10,13H2,1H3. The highest BCUT2D eigenvalue weighted by Crippen LogP contribution is 2.29. The van der Waals surface area contributed by atoms with E-state index in [1.807, 2.05) is 31.2 Å². The molecule has 136 valence electrons. The predicted octanol–water partition coefficient (Wildman–Crippen LogP) is 3.69. The molecule has 1 saturated heterocycles. The number of sulfonamides is 1. The van der Waals surface area contributed by atoms with Crippen LogP contribution in [-0.2, 0) is 16.4 Å². The van der Waals surface area contributed by atoms with Gasteiger partial charge in [0.15, 0.2) is 0 Å². The topological polar surface area (TPSA) is 71.3 Å². The molecule has 2 N–H and O–H groups in total. The molecule has 3 aromatic rings. The Labute approximate surface area is 153 Å². The van der Waals surface area contributed by atoms with E-state index < -0.39 is 10.0 Å². The lowest BCUT2D eigenvalue weighted by Gasteiger charge is -2.13. The Morgan fingerprint density at radius 2 is 2.08 bits per heavy atom. The van der Waals surface area contributed by atoms with Crippen LogP contribution in [0.5, 0.6) is 0 Å². The molecule has 1 fully saturated rings. The van der Waals surface area contributed by atoms with Crippen LogP contribution in [0.4, 0.5) is 5.69 Å². The Kier molecular flexibility index (Phi) is 4.46. The maximum absolute atomic E-state index is 13.0. The molecular formula is C20H22N2O3S. The Morgan fingerprint density at radius 3 is 2.85 bits per heavy atom. The SMILES string of the molecule is Cc1ccccc1NS(=O)(=O)c1cc(CC2CCNC2)c2occc2c1. The summed E-state index contributed by atoms with van der Waals surface area (Å²) in [5, 5.41) is 4.18. The van der Waals surface area contributed by atoms with Gasteiger partial charge in [0.1, 0.15) is 5.58 Å². The van der Waals surface area contributed by atoms with E-state index in [9.17, 15) is 8.42 Å². The summed E-state index contributed by atoms with van der Waals surface area (Å²) in [5.41, 5.74) is 3.22. The lowest BCUT2D eigenvalue weighted by atomic mass is 9.97. The Morgan fingerprint density at radius 1 is 1.23 bits per heavy atom. The van der Waals surface area contributed by atoms with E-state index in [1.165, 1.54) is 0 Å². The van der Waals surface area contributed by atoms with Crippen LogP contribution in [-0.4, -0.2) is 21.5 Å². The highest BCUT2D eigenvalue weighted by molar-refractivity contribution is 7.92. The van der Waals surface area contributed by atoms with Crippen LogP contribution in [0.2, 0.25) is 0 Å². The number of nitrogens with one attached hydrogen (secondary N) is 2. The lowest BCUT2D eigenvalue weighted by molar-refractivity contribution is 0.564. The average molecular weight is 370 g/mol. The van der Waals surface area contributed by atoms with Crippen LogP contribution in [0.3, 0.4) is 0 Å². The van der Waals surface area contributed by atoms with Gasteiger partial charge in [-0.3, -0.25) is 4.72 Å². The fraction of sp³-hybridized carbons (Fsp3) is 0.300. The van der Waals surface area contributed by atoms with Gasteiger partial charge in [-0.05, 0) is 74.2 Å². The van der Waals surface area contributed by atoms with Gasteiger partial charge in [0.05, 0.1) is 16.8 Å². The van der Waals surface area contributed by atoms with Gasteiger partial charge in [-0.2, -0.15) is 0 Å². The van der Waals surface area contributed by atoms with Gasteiger partial charge in [0, 0.05) is 5.39 Å². The highest BCUT2D eigenvalue weighted by Gasteiger charge is 2.22. The van der Waals surface area contributed by atoms with Crippen molar-refractivity contribution < 1.29 is 12.8 Å². The fourth-order valence-electron chi connectivity index (χ4n) is 3.52. The third kappa shape index (κ3) is 3.34. The van der Waals surface area contributed by atoms with E-state index in [4.69, 9.17) is 4.42 Å². The van der Waals surface area contributed by atoms with Crippen molar-refractivity contribution in [3.05, 3.63) is 59.9 Å². The van der Waals surface area contributed by atoms with Crippen molar-refractivity contribution in [2.24, 2.45) is 5.92 Å². The number of benzene rings is 2. The van der Waals surface area contributed by atoms with Gasteiger partial charge in [-0.15, -0.1) is 0 Å². The summed E-state index contributed by atoms with van der Waals surface area (Å²) in [7, 11) is -3.67. The van der Waals surface area contributed by atoms with E-state index in [1.54, 1.807) is 24.5 Å². The fourth-order valence-corrected chi connectivity index (χ4v) is 4.74. The smallest absolute Gasteiger partial charge is 0.261 e. The number of hydrogen-bond donors (Lipinski definition) is 2. The van der Waals surface area contributed by atoms with E-state index in [0.29, 0.717) is 11.6 Å². The summed E-state index contributed by atoms with van der Waals surface area (Å²) in [4.78, 5) is 0.274. The first kappa shape index (κ1) is 17.1. The van der Waals surface area contributed by atoms with Crippen molar-refractivity contribution in [3.63, 3.8) is 0 Å². The van der Waals surface area contributed by atoms with Crippen LogP contribution < -0.4 is 10.0 Å². The molecule has 0 amide bonds. The van der Waals surface area contributed by atoms with E-state index >= 15 is 0 Å². The van der Waals surface area contributed by atoms with Crippen LogP contribution in [0.25, 0.3) is 11.0 Å². The molecule has 0 saturated carbocycles. The zero-order valence-corrected chi connectivity index (χ0v) is 15.5. The molecule has 1 aliphatic rings. The Balaban J connectivity index is 1.72. The van der Waals surface area contributed by atoms with Crippen LogP contribution >= 0.6 is 0 Å². The molecule has 1 aromatic heterocycles. The van der Waals surface area contributed by atoms with Gasteiger partial charge in [-0.1, -0.05) is 18.2 Å². The number of furan rings is 1. The second kappa shape index (κ2) is 6.78. The Hall–Kier alpha value is -2.31. The van der Waals surface area contributed by atoms with Crippen molar-refractivity contribution in [1.82, 2.24) is 5.32 Å². The first-order valence-corrected chi connectivity index (χ1v) is 10.3. The Bertz CT molecular complexity index is 1030. The van der Waals surface area contributed by atoms with E-state index in [2.05, 4.69) is 10.0 Å². The molecule has 1 aliphatic heterocycles. The highest BCUT2D eigenvalue weighted by atomic mass is 32.2. The molecule has 1 atom stereocenters. The molecular weight excluding hydrogens is 348 g/mol. The lowest BCUT2D eigenvalue weighted by Crippen LogP contribution is -2.15. The van der Waals surface area contributed by atoms with Gasteiger partial charge in [0.25, 0.3) is 10.0 Å². The molecule has 0 spiro atoms. The number of anilines is 1. The van der Waals surface area contributed by atoms with Crippen molar-refractivity contribution in [1.29, 1.82) is 0 Å². The summed E-state index contributed by atoms with van der Waals surface area (Å²) in [6, 6.07) is 12.6. The molecule has 0 radical (unpaired) electrons. The minimum absolute atomic E-state index is 0.274. The maximum Gasteiger partial charge on any atom is 0.261 e. The molecule has 1 unspecified atom stereocenters. The quantitative estimate of drug-likeness (QED) is 0.718. The largest absolute Gasteiger partial charge is 0.464 e.